The molecule has 0 bridgehead atoms. The van der Waals surface area contributed by atoms with E-state index in [2.05, 4.69) is 0 Å². The molecule has 0 aliphatic heterocycles. The number of hydrogen-bond donors (Lipinski definition) is 2. The second kappa shape index (κ2) is 3.07. The fraction of sp³-hybridized carbons (Fsp3) is 0.143. The lowest BCUT2D eigenvalue weighted by Crippen LogP contribution is -1.98. The largest absolute Gasteiger partial charge is 0.398 e. The maximum Gasteiger partial charge on any atom is 0.149 e. The monoisotopic (exact) mass is 175 g/mol. The Labute approximate surface area is 68.4 Å². The van der Waals surface area contributed by atoms with Gasteiger partial charge in [0.2, 0.25) is 0 Å². The van der Waals surface area contributed by atoms with Gasteiger partial charge in [-0.3, -0.25) is 0 Å². The fourth-order valence-electron chi connectivity index (χ4n) is 0.768. The summed E-state index contributed by atoms with van der Waals surface area (Å²) in [7, 11) is 0. The van der Waals surface area contributed by atoms with Gasteiger partial charge in [0.1, 0.15) is 5.82 Å². The normalized spacial score (nSPS) is 10.1. The van der Waals surface area contributed by atoms with Crippen molar-refractivity contribution in [3.8, 4) is 0 Å². The fourth-order valence-corrected chi connectivity index (χ4v) is 0.945. The van der Waals surface area contributed by atoms with Crippen LogP contribution in [0.2, 0.25) is 5.02 Å². The summed E-state index contributed by atoms with van der Waals surface area (Å²) < 4.78 is 12.9. The molecule has 0 saturated carbocycles. The molecule has 0 radical (unpaired) electrons. The molecule has 4 heteroatoms. The average molecular weight is 176 g/mol. The van der Waals surface area contributed by atoms with E-state index in [-0.39, 0.29) is 16.3 Å². The summed E-state index contributed by atoms with van der Waals surface area (Å²) in [6.07, 6.45) is 0. The molecule has 0 spiro atoms. The lowest BCUT2D eigenvalue weighted by atomic mass is 10.2. The van der Waals surface area contributed by atoms with E-state index in [0.29, 0.717) is 0 Å². The summed E-state index contributed by atoms with van der Waals surface area (Å²) in [5.74, 6) is -0.644. The molecule has 0 unspecified atom stereocenters. The predicted molar refractivity (Wildman–Crippen MR) is 41.7 cm³/mol. The zero-order chi connectivity index (χ0) is 8.43. The van der Waals surface area contributed by atoms with E-state index < -0.39 is 12.4 Å². The third kappa shape index (κ3) is 1.44. The molecule has 0 amide bonds. The second-order valence-corrected chi connectivity index (χ2v) is 2.49. The van der Waals surface area contributed by atoms with Gasteiger partial charge < -0.3 is 10.8 Å². The first-order valence-electron chi connectivity index (χ1n) is 3.00. The number of nitrogens with two attached hydrogens (primary N) is 1. The van der Waals surface area contributed by atoms with Gasteiger partial charge >= 0.3 is 0 Å². The molecule has 11 heavy (non-hydrogen) atoms. The summed E-state index contributed by atoms with van der Waals surface area (Å²) >= 11 is 5.42. The van der Waals surface area contributed by atoms with Crippen molar-refractivity contribution in [2.75, 3.05) is 5.73 Å². The summed E-state index contributed by atoms with van der Waals surface area (Å²) in [4.78, 5) is 0. The number of anilines is 1. The van der Waals surface area contributed by atoms with E-state index in [1.54, 1.807) is 0 Å². The third-order valence-corrected chi connectivity index (χ3v) is 1.68. The molecule has 0 aromatic heterocycles. The van der Waals surface area contributed by atoms with E-state index >= 15 is 0 Å². The minimum Gasteiger partial charge on any atom is -0.398 e. The number of aliphatic hydroxyl groups is 1. The van der Waals surface area contributed by atoms with Gasteiger partial charge in [0.25, 0.3) is 0 Å². The van der Waals surface area contributed by atoms with Gasteiger partial charge in [0.05, 0.1) is 11.6 Å². The molecule has 1 aromatic carbocycles. The molecule has 0 aliphatic carbocycles. The molecule has 0 heterocycles. The van der Waals surface area contributed by atoms with Crippen LogP contribution in [-0.2, 0) is 6.61 Å². The minimum atomic E-state index is -0.644. The molecule has 60 valence electrons. The van der Waals surface area contributed by atoms with Crippen LogP contribution in [0.1, 0.15) is 5.56 Å². The first kappa shape index (κ1) is 8.30. The van der Waals surface area contributed by atoms with Gasteiger partial charge in [-0.2, -0.15) is 0 Å². The molecule has 0 fully saturated rings. The maximum atomic E-state index is 12.9. The standard InChI is InChI=1S/C7H7ClFNO/c8-5-1-2-6(10)4(3-11)7(5)9/h1-2,11H,3,10H2. The smallest absolute Gasteiger partial charge is 0.149 e. The van der Waals surface area contributed by atoms with Crippen LogP contribution in [0, 0.1) is 5.82 Å². The molecular weight excluding hydrogens is 169 g/mol. The van der Waals surface area contributed by atoms with Gasteiger partial charge in [-0.15, -0.1) is 0 Å². The zero-order valence-electron chi connectivity index (χ0n) is 5.64. The summed E-state index contributed by atoms with van der Waals surface area (Å²) in [6.45, 7) is -0.432. The molecule has 0 saturated heterocycles. The van der Waals surface area contributed by atoms with Crippen LogP contribution < -0.4 is 5.73 Å². The van der Waals surface area contributed by atoms with Gasteiger partial charge in [-0.05, 0) is 12.1 Å². The number of halogens is 2. The molecule has 2 nitrogen and oxygen atoms in total. The van der Waals surface area contributed by atoms with E-state index in [0.717, 1.165) is 0 Å². The summed E-state index contributed by atoms with van der Waals surface area (Å²) in [5.41, 5.74) is 5.61. The van der Waals surface area contributed by atoms with Crippen molar-refractivity contribution >= 4 is 17.3 Å². The van der Waals surface area contributed by atoms with Crippen molar-refractivity contribution in [2.45, 2.75) is 6.61 Å². The first-order chi connectivity index (χ1) is 5.16. The van der Waals surface area contributed by atoms with Crippen molar-refractivity contribution in [1.29, 1.82) is 0 Å². The molecular formula is C7H7ClFNO. The Bertz CT molecular complexity index is 277. The molecule has 0 aliphatic rings. The number of nitrogen functional groups attached to an aromatic ring is 1. The first-order valence-corrected chi connectivity index (χ1v) is 3.38. The highest BCUT2D eigenvalue weighted by Crippen LogP contribution is 2.23. The van der Waals surface area contributed by atoms with E-state index in [4.69, 9.17) is 22.4 Å². The maximum absolute atomic E-state index is 12.9. The van der Waals surface area contributed by atoms with Gasteiger partial charge in [0.15, 0.2) is 0 Å². The van der Waals surface area contributed by atoms with Crippen molar-refractivity contribution in [3.63, 3.8) is 0 Å². The SMILES string of the molecule is Nc1ccc(Cl)c(F)c1CO. The Morgan fingerprint density at radius 1 is 1.55 bits per heavy atom. The minimum absolute atomic E-state index is 0.0248. The Kier molecular flexibility index (Phi) is 2.31. The van der Waals surface area contributed by atoms with Gasteiger partial charge in [-0.25, -0.2) is 4.39 Å². The van der Waals surface area contributed by atoms with Crippen LogP contribution >= 0.6 is 11.6 Å². The quantitative estimate of drug-likeness (QED) is 0.637. The topological polar surface area (TPSA) is 46.2 Å². The second-order valence-electron chi connectivity index (χ2n) is 2.09. The van der Waals surface area contributed by atoms with Crippen LogP contribution in [0.25, 0.3) is 0 Å². The Hall–Kier alpha value is -0.800. The lowest BCUT2D eigenvalue weighted by molar-refractivity contribution is 0.276. The highest BCUT2D eigenvalue weighted by atomic mass is 35.5. The van der Waals surface area contributed by atoms with Gasteiger partial charge in [0, 0.05) is 11.3 Å². The highest BCUT2D eigenvalue weighted by Gasteiger charge is 2.08. The van der Waals surface area contributed by atoms with Crippen LogP contribution in [0.3, 0.4) is 0 Å². The Morgan fingerprint density at radius 2 is 2.18 bits per heavy atom. The molecule has 3 N–H and O–H groups in total. The van der Waals surface area contributed by atoms with Crippen molar-refractivity contribution in [2.24, 2.45) is 0 Å². The van der Waals surface area contributed by atoms with Crippen LogP contribution in [0.5, 0.6) is 0 Å². The lowest BCUT2D eigenvalue weighted by Gasteiger charge is -2.03. The molecule has 1 rings (SSSR count). The molecule has 0 atom stereocenters. The van der Waals surface area contributed by atoms with E-state index in [9.17, 15) is 4.39 Å². The van der Waals surface area contributed by atoms with Crippen molar-refractivity contribution < 1.29 is 9.50 Å². The van der Waals surface area contributed by atoms with Crippen molar-refractivity contribution in [3.05, 3.63) is 28.5 Å². The highest BCUT2D eigenvalue weighted by molar-refractivity contribution is 6.30. The predicted octanol–water partition coefficient (Wildman–Crippen LogP) is 1.55. The van der Waals surface area contributed by atoms with E-state index in [1.807, 2.05) is 0 Å². The van der Waals surface area contributed by atoms with Crippen LogP contribution in [-0.4, -0.2) is 5.11 Å². The Morgan fingerprint density at radius 3 is 2.64 bits per heavy atom. The van der Waals surface area contributed by atoms with Gasteiger partial charge in [-0.1, -0.05) is 11.6 Å². The number of hydrogen-bond acceptors (Lipinski definition) is 2. The number of aliphatic hydroxyl groups excluding tert-OH is 1. The number of rotatable bonds is 1. The van der Waals surface area contributed by atoms with Crippen LogP contribution in [0.4, 0.5) is 10.1 Å². The summed E-state index contributed by atoms with van der Waals surface area (Å²) in [6, 6.07) is 2.81. The summed E-state index contributed by atoms with van der Waals surface area (Å²) in [5, 5.41) is 8.62. The van der Waals surface area contributed by atoms with Crippen molar-refractivity contribution in [1.82, 2.24) is 0 Å². The number of benzene rings is 1. The molecule has 1 aromatic rings. The average Bonchev–Trinajstić information content (AvgIpc) is 1.99. The third-order valence-electron chi connectivity index (χ3n) is 1.39. The van der Waals surface area contributed by atoms with Crippen LogP contribution in [0.15, 0.2) is 12.1 Å². The van der Waals surface area contributed by atoms with E-state index in [1.165, 1.54) is 12.1 Å². The zero-order valence-corrected chi connectivity index (χ0v) is 6.40. The Balaban J connectivity index is 3.29.